The molecule has 76 valence electrons. The van der Waals surface area contributed by atoms with Crippen molar-refractivity contribution in [2.75, 3.05) is 11.4 Å². The summed E-state index contributed by atoms with van der Waals surface area (Å²) in [5.41, 5.74) is 6.31. The van der Waals surface area contributed by atoms with Gasteiger partial charge in [0.15, 0.2) is 5.82 Å². The first-order valence-electron chi connectivity index (χ1n) is 5.10. The Balaban J connectivity index is 2.16. The highest BCUT2D eigenvalue weighted by molar-refractivity contribution is 5.39. The Hall–Kier alpha value is -1.16. The first-order chi connectivity index (χ1) is 6.81. The maximum Gasteiger partial charge on any atom is 0.151 e. The third-order valence-corrected chi connectivity index (χ3v) is 2.76. The molecular weight excluding hydrogens is 176 g/mol. The molecule has 1 aliphatic heterocycles. The van der Waals surface area contributed by atoms with Crippen LogP contribution in [0, 0.1) is 0 Å². The van der Waals surface area contributed by atoms with Crippen LogP contribution < -0.4 is 10.6 Å². The highest BCUT2D eigenvalue weighted by Gasteiger charge is 2.21. The zero-order valence-electron chi connectivity index (χ0n) is 8.48. The lowest BCUT2D eigenvalue weighted by Crippen LogP contribution is -2.27. The van der Waals surface area contributed by atoms with Crippen LogP contribution in [0.5, 0.6) is 0 Å². The highest BCUT2D eigenvalue weighted by atomic mass is 15.3. The molecule has 0 aromatic carbocycles. The lowest BCUT2D eigenvalue weighted by atomic mass is 10.2. The third kappa shape index (κ3) is 1.70. The molecule has 1 saturated heterocycles. The van der Waals surface area contributed by atoms with E-state index in [1.54, 1.807) is 0 Å². The molecular formula is C10H16N4. The summed E-state index contributed by atoms with van der Waals surface area (Å²) in [6.07, 6.45) is 2.50. The molecule has 2 N–H and O–H groups in total. The van der Waals surface area contributed by atoms with Crippen LogP contribution in [0.2, 0.25) is 0 Å². The molecule has 4 nitrogen and oxygen atoms in total. The van der Waals surface area contributed by atoms with Crippen LogP contribution in [0.15, 0.2) is 12.1 Å². The van der Waals surface area contributed by atoms with E-state index >= 15 is 0 Å². The van der Waals surface area contributed by atoms with Gasteiger partial charge in [0.1, 0.15) is 0 Å². The number of hydrogen-bond donors (Lipinski definition) is 1. The fourth-order valence-electron chi connectivity index (χ4n) is 1.89. The zero-order chi connectivity index (χ0) is 9.97. The van der Waals surface area contributed by atoms with Crippen LogP contribution in [0.25, 0.3) is 0 Å². The van der Waals surface area contributed by atoms with E-state index in [4.69, 9.17) is 5.73 Å². The van der Waals surface area contributed by atoms with Gasteiger partial charge in [0.05, 0.1) is 5.69 Å². The summed E-state index contributed by atoms with van der Waals surface area (Å²) in [7, 11) is 0. The molecule has 1 aliphatic rings. The van der Waals surface area contributed by atoms with Crippen molar-refractivity contribution in [1.82, 2.24) is 10.2 Å². The van der Waals surface area contributed by atoms with Gasteiger partial charge in [0, 0.05) is 19.1 Å². The second-order valence-electron chi connectivity index (χ2n) is 3.77. The summed E-state index contributed by atoms with van der Waals surface area (Å²) < 4.78 is 0. The van der Waals surface area contributed by atoms with Crippen LogP contribution in [-0.2, 0) is 6.54 Å². The number of hydrogen-bond acceptors (Lipinski definition) is 4. The van der Waals surface area contributed by atoms with Crippen molar-refractivity contribution in [3.8, 4) is 0 Å². The van der Waals surface area contributed by atoms with E-state index in [0.29, 0.717) is 12.6 Å². The Bertz CT molecular complexity index is 295. The van der Waals surface area contributed by atoms with Gasteiger partial charge in [-0.1, -0.05) is 0 Å². The third-order valence-electron chi connectivity index (χ3n) is 2.76. The molecule has 1 aromatic heterocycles. The molecule has 0 aliphatic carbocycles. The minimum absolute atomic E-state index is 0.461. The largest absolute Gasteiger partial charge is 0.352 e. The zero-order valence-corrected chi connectivity index (χ0v) is 8.48. The molecule has 2 rings (SSSR count). The van der Waals surface area contributed by atoms with Crippen LogP contribution in [-0.4, -0.2) is 22.8 Å². The summed E-state index contributed by atoms with van der Waals surface area (Å²) in [4.78, 5) is 2.30. The minimum Gasteiger partial charge on any atom is -0.352 e. The molecule has 0 spiro atoms. The first kappa shape index (κ1) is 9.40. The van der Waals surface area contributed by atoms with Gasteiger partial charge in [0.25, 0.3) is 0 Å². The second-order valence-corrected chi connectivity index (χ2v) is 3.77. The summed E-state index contributed by atoms with van der Waals surface area (Å²) in [6, 6.07) is 4.55. The molecule has 0 radical (unpaired) electrons. The van der Waals surface area contributed by atoms with E-state index in [2.05, 4.69) is 22.0 Å². The summed E-state index contributed by atoms with van der Waals surface area (Å²) in [5.74, 6) is 0.979. The monoisotopic (exact) mass is 192 g/mol. The number of nitrogens with zero attached hydrogens (tertiary/aromatic N) is 3. The summed E-state index contributed by atoms with van der Waals surface area (Å²) in [5, 5.41) is 8.24. The molecule has 1 atom stereocenters. The molecule has 1 fully saturated rings. The quantitative estimate of drug-likeness (QED) is 0.757. The highest BCUT2D eigenvalue weighted by Crippen LogP contribution is 2.22. The standard InChI is InChI=1S/C10H16N4/c1-8-3-2-6-14(8)10-5-4-9(7-11)12-13-10/h4-5,8H,2-3,6-7,11H2,1H3. The number of rotatable bonds is 2. The average molecular weight is 192 g/mol. The molecule has 14 heavy (non-hydrogen) atoms. The maximum absolute atomic E-state index is 5.46. The number of nitrogens with two attached hydrogens (primary N) is 1. The maximum atomic E-state index is 5.46. The predicted octanol–water partition coefficient (Wildman–Crippen LogP) is 0.924. The summed E-state index contributed by atoms with van der Waals surface area (Å²) >= 11 is 0. The van der Waals surface area contributed by atoms with E-state index in [9.17, 15) is 0 Å². The normalized spacial score (nSPS) is 21.6. The summed E-state index contributed by atoms with van der Waals surface area (Å²) in [6.45, 7) is 3.78. The Morgan fingerprint density at radius 1 is 1.50 bits per heavy atom. The first-order valence-corrected chi connectivity index (χ1v) is 5.10. The van der Waals surface area contributed by atoms with Crippen LogP contribution in [0.4, 0.5) is 5.82 Å². The number of anilines is 1. The van der Waals surface area contributed by atoms with E-state index in [1.807, 2.05) is 12.1 Å². The van der Waals surface area contributed by atoms with E-state index in [0.717, 1.165) is 18.1 Å². The van der Waals surface area contributed by atoms with Crippen molar-refractivity contribution in [3.63, 3.8) is 0 Å². The van der Waals surface area contributed by atoms with Crippen molar-refractivity contribution < 1.29 is 0 Å². The van der Waals surface area contributed by atoms with Crippen molar-refractivity contribution in [2.45, 2.75) is 32.4 Å². The van der Waals surface area contributed by atoms with Gasteiger partial charge in [-0.15, -0.1) is 5.10 Å². The Morgan fingerprint density at radius 2 is 2.36 bits per heavy atom. The van der Waals surface area contributed by atoms with Gasteiger partial charge in [-0.3, -0.25) is 0 Å². The fraction of sp³-hybridized carbons (Fsp3) is 0.600. The molecule has 2 heterocycles. The van der Waals surface area contributed by atoms with Gasteiger partial charge in [-0.25, -0.2) is 0 Å². The van der Waals surface area contributed by atoms with E-state index in [-0.39, 0.29) is 0 Å². The smallest absolute Gasteiger partial charge is 0.151 e. The van der Waals surface area contributed by atoms with Gasteiger partial charge < -0.3 is 10.6 Å². The Kier molecular flexibility index (Phi) is 2.63. The van der Waals surface area contributed by atoms with Crippen LogP contribution in [0.3, 0.4) is 0 Å². The van der Waals surface area contributed by atoms with E-state index < -0.39 is 0 Å². The van der Waals surface area contributed by atoms with Crippen LogP contribution >= 0.6 is 0 Å². The van der Waals surface area contributed by atoms with Crippen LogP contribution in [0.1, 0.15) is 25.5 Å². The van der Waals surface area contributed by atoms with Gasteiger partial charge in [-0.2, -0.15) is 5.10 Å². The Labute approximate surface area is 84.1 Å². The van der Waals surface area contributed by atoms with Crippen molar-refractivity contribution >= 4 is 5.82 Å². The van der Waals surface area contributed by atoms with Crippen molar-refractivity contribution in [1.29, 1.82) is 0 Å². The lowest BCUT2D eigenvalue weighted by molar-refractivity contribution is 0.717. The molecule has 0 amide bonds. The van der Waals surface area contributed by atoms with E-state index in [1.165, 1.54) is 12.8 Å². The van der Waals surface area contributed by atoms with Crippen molar-refractivity contribution in [2.24, 2.45) is 5.73 Å². The van der Waals surface area contributed by atoms with Crippen molar-refractivity contribution in [3.05, 3.63) is 17.8 Å². The topological polar surface area (TPSA) is 55.0 Å². The molecule has 0 saturated carbocycles. The molecule has 1 unspecified atom stereocenters. The fourth-order valence-corrected chi connectivity index (χ4v) is 1.89. The minimum atomic E-state index is 0.461. The van der Waals surface area contributed by atoms with Gasteiger partial charge >= 0.3 is 0 Å². The molecule has 4 heteroatoms. The Morgan fingerprint density at radius 3 is 2.86 bits per heavy atom. The SMILES string of the molecule is CC1CCCN1c1ccc(CN)nn1. The molecule has 0 bridgehead atoms. The van der Waals surface area contributed by atoms with Gasteiger partial charge in [0.2, 0.25) is 0 Å². The lowest BCUT2D eigenvalue weighted by Gasteiger charge is -2.21. The average Bonchev–Trinajstić information content (AvgIpc) is 2.65. The molecule has 1 aromatic rings. The predicted molar refractivity (Wildman–Crippen MR) is 56.0 cm³/mol. The number of aromatic nitrogens is 2. The van der Waals surface area contributed by atoms with Gasteiger partial charge in [-0.05, 0) is 31.9 Å². The second kappa shape index (κ2) is 3.92.